The summed E-state index contributed by atoms with van der Waals surface area (Å²) in [6.07, 6.45) is 2.96. The molecule has 168 valence electrons. The Morgan fingerprint density at radius 1 is 1.09 bits per heavy atom. The van der Waals surface area contributed by atoms with E-state index in [0.717, 1.165) is 11.1 Å². The van der Waals surface area contributed by atoms with Crippen LogP contribution in [-0.2, 0) is 11.3 Å². The first-order chi connectivity index (χ1) is 16.0. The molecule has 4 rings (SSSR count). The fourth-order valence-corrected chi connectivity index (χ4v) is 4.01. The number of rotatable bonds is 8. The zero-order valence-corrected chi connectivity index (χ0v) is 19.1. The lowest BCUT2D eigenvalue weighted by atomic mass is 10.1. The maximum atomic E-state index is 13.2. The molecule has 0 aliphatic rings. The second-order valence-corrected chi connectivity index (χ2v) is 8.21. The minimum Gasteiger partial charge on any atom is -0.492 e. The number of amides is 1. The van der Waals surface area contributed by atoms with Gasteiger partial charge in [0.2, 0.25) is 5.91 Å². The van der Waals surface area contributed by atoms with Gasteiger partial charge in [-0.2, -0.15) is 0 Å². The van der Waals surface area contributed by atoms with E-state index in [1.165, 1.54) is 28.7 Å². The summed E-state index contributed by atoms with van der Waals surface area (Å²) in [6, 6.07) is 15.2. The maximum absolute atomic E-state index is 13.2. The summed E-state index contributed by atoms with van der Waals surface area (Å²) in [4.78, 5) is 38.7. The molecule has 0 saturated heterocycles. The van der Waals surface area contributed by atoms with Crippen LogP contribution in [0.4, 0.5) is 5.69 Å². The van der Waals surface area contributed by atoms with Crippen molar-refractivity contribution in [1.29, 1.82) is 0 Å². The number of carbonyl (C=O) groups is 1. The summed E-state index contributed by atoms with van der Waals surface area (Å²) in [7, 11) is 0. The first-order valence-electron chi connectivity index (χ1n) is 10.5. The van der Waals surface area contributed by atoms with E-state index >= 15 is 0 Å². The van der Waals surface area contributed by atoms with Crippen LogP contribution in [0, 0.1) is 6.92 Å². The van der Waals surface area contributed by atoms with Crippen molar-refractivity contribution in [2.75, 3.05) is 17.7 Å². The predicted molar refractivity (Wildman–Crippen MR) is 129 cm³/mol. The van der Waals surface area contributed by atoms with Gasteiger partial charge in [-0.05, 0) is 31.5 Å². The number of carbonyl (C=O) groups excluding carboxylic acids is 1. The molecule has 0 radical (unpaired) electrons. The van der Waals surface area contributed by atoms with Gasteiger partial charge in [-0.15, -0.1) is 0 Å². The Hall–Kier alpha value is -3.72. The molecule has 0 unspecified atom stereocenters. The predicted octanol–water partition coefficient (Wildman–Crippen LogP) is 3.67. The fourth-order valence-electron chi connectivity index (χ4n) is 3.22. The topological polar surface area (TPSA) is 99.0 Å². The number of benzene rings is 2. The largest absolute Gasteiger partial charge is 0.492 e. The molecule has 4 aromatic rings. The number of aromatic nitrogens is 4. The molecule has 1 amide bonds. The number of thioether (sulfide) groups is 1. The average molecular weight is 462 g/mol. The highest BCUT2D eigenvalue weighted by Gasteiger charge is 2.16. The molecule has 33 heavy (non-hydrogen) atoms. The molecule has 0 aliphatic heterocycles. The number of hydrogen-bond donors (Lipinski definition) is 1. The Balaban J connectivity index is 1.59. The Labute approximate surface area is 195 Å². The van der Waals surface area contributed by atoms with Gasteiger partial charge in [0.05, 0.1) is 24.6 Å². The molecule has 0 aliphatic carbocycles. The summed E-state index contributed by atoms with van der Waals surface area (Å²) in [6.45, 7) is 4.70. The standard InChI is InChI=1S/C24H23N5O3S/c1-3-32-19-7-5-4-6-18(19)27-20(30)15-33-24-28-22-21(25-12-13-26-22)23(31)29(24)14-17-10-8-16(2)9-11-17/h4-13H,3,14-15H2,1-2H3,(H,27,30). The lowest BCUT2D eigenvalue weighted by Crippen LogP contribution is -2.26. The second-order valence-electron chi connectivity index (χ2n) is 7.27. The number of para-hydroxylation sites is 2. The fraction of sp³-hybridized carbons (Fsp3) is 0.208. The van der Waals surface area contributed by atoms with Crippen molar-refractivity contribution >= 4 is 34.5 Å². The third kappa shape index (κ3) is 5.38. The van der Waals surface area contributed by atoms with Crippen molar-refractivity contribution in [3.63, 3.8) is 0 Å². The van der Waals surface area contributed by atoms with Crippen LogP contribution < -0.4 is 15.6 Å². The molecule has 9 heteroatoms. The highest BCUT2D eigenvalue weighted by molar-refractivity contribution is 7.99. The third-order valence-corrected chi connectivity index (χ3v) is 5.79. The van der Waals surface area contributed by atoms with E-state index in [4.69, 9.17) is 4.74 Å². The number of fused-ring (bicyclic) bond motifs is 1. The van der Waals surface area contributed by atoms with Gasteiger partial charge >= 0.3 is 0 Å². The van der Waals surface area contributed by atoms with E-state index in [0.29, 0.717) is 29.7 Å². The summed E-state index contributed by atoms with van der Waals surface area (Å²) < 4.78 is 7.10. The maximum Gasteiger partial charge on any atom is 0.282 e. The number of nitrogens with one attached hydrogen (secondary N) is 1. The van der Waals surface area contributed by atoms with E-state index in [2.05, 4.69) is 20.3 Å². The van der Waals surface area contributed by atoms with Gasteiger partial charge in [0, 0.05) is 12.4 Å². The van der Waals surface area contributed by atoms with Crippen molar-refractivity contribution < 1.29 is 9.53 Å². The molecule has 2 heterocycles. The highest BCUT2D eigenvalue weighted by atomic mass is 32.2. The molecule has 0 fully saturated rings. The van der Waals surface area contributed by atoms with Gasteiger partial charge in [0.25, 0.3) is 5.56 Å². The minimum absolute atomic E-state index is 0.0621. The number of nitrogens with zero attached hydrogens (tertiary/aromatic N) is 4. The number of aryl methyl sites for hydroxylation is 1. The Kier molecular flexibility index (Phi) is 6.99. The Morgan fingerprint density at radius 3 is 2.64 bits per heavy atom. The molecule has 0 bridgehead atoms. The molecule has 2 aromatic heterocycles. The van der Waals surface area contributed by atoms with Crippen LogP contribution >= 0.6 is 11.8 Å². The van der Waals surface area contributed by atoms with Crippen molar-refractivity contribution in [2.24, 2.45) is 0 Å². The molecule has 2 aromatic carbocycles. The zero-order chi connectivity index (χ0) is 23.2. The van der Waals surface area contributed by atoms with Crippen LogP contribution in [0.25, 0.3) is 11.2 Å². The van der Waals surface area contributed by atoms with Crippen LogP contribution in [0.15, 0.2) is 70.9 Å². The number of ether oxygens (including phenoxy) is 1. The van der Waals surface area contributed by atoms with Crippen LogP contribution in [-0.4, -0.2) is 37.8 Å². The summed E-state index contributed by atoms with van der Waals surface area (Å²) in [5.74, 6) is 0.434. The lowest BCUT2D eigenvalue weighted by Gasteiger charge is -2.13. The second kappa shape index (κ2) is 10.3. The number of hydrogen-bond acceptors (Lipinski definition) is 7. The Bertz CT molecular complexity index is 1340. The van der Waals surface area contributed by atoms with Crippen molar-refractivity contribution in [3.05, 3.63) is 82.4 Å². The summed E-state index contributed by atoms with van der Waals surface area (Å²) in [5, 5.41) is 3.27. The van der Waals surface area contributed by atoms with Crippen molar-refractivity contribution in [2.45, 2.75) is 25.5 Å². The van der Waals surface area contributed by atoms with E-state index in [-0.39, 0.29) is 28.4 Å². The SMILES string of the molecule is CCOc1ccccc1NC(=O)CSc1nc2nccnc2c(=O)n1Cc1ccc(C)cc1. The molecule has 0 spiro atoms. The Morgan fingerprint density at radius 2 is 1.85 bits per heavy atom. The first-order valence-corrected chi connectivity index (χ1v) is 11.4. The van der Waals surface area contributed by atoms with Crippen LogP contribution in [0.1, 0.15) is 18.1 Å². The van der Waals surface area contributed by atoms with Crippen molar-refractivity contribution in [3.8, 4) is 5.75 Å². The normalized spacial score (nSPS) is 10.8. The van der Waals surface area contributed by atoms with Gasteiger partial charge in [-0.25, -0.2) is 15.0 Å². The molecule has 8 nitrogen and oxygen atoms in total. The van der Waals surface area contributed by atoms with Crippen LogP contribution in [0.2, 0.25) is 0 Å². The summed E-state index contributed by atoms with van der Waals surface area (Å²) >= 11 is 1.18. The average Bonchev–Trinajstić information content (AvgIpc) is 2.82. The quantitative estimate of drug-likeness (QED) is 0.316. The van der Waals surface area contributed by atoms with Gasteiger partial charge < -0.3 is 10.1 Å². The highest BCUT2D eigenvalue weighted by Crippen LogP contribution is 2.24. The van der Waals surface area contributed by atoms with Crippen LogP contribution in [0.3, 0.4) is 0 Å². The monoisotopic (exact) mass is 461 g/mol. The molecule has 0 saturated carbocycles. The van der Waals surface area contributed by atoms with Gasteiger partial charge in [0.1, 0.15) is 5.75 Å². The third-order valence-electron chi connectivity index (χ3n) is 4.81. The van der Waals surface area contributed by atoms with E-state index < -0.39 is 0 Å². The molecule has 0 atom stereocenters. The minimum atomic E-state index is -0.293. The van der Waals surface area contributed by atoms with Crippen LogP contribution in [0.5, 0.6) is 5.75 Å². The van der Waals surface area contributed by atoms with E-state index in [9.17, 15) is 9.59 Å². The smallest absolute Gasteiger partial charge is 0.282 e. The van der Waals surface area contributed by atoms with E-state index in [1.54, 1.807) is 12.1 Å². The molecular weight excluding hydrogens is 438 g/mol. The lowest BCUT2D eigenvalue weighted by molar-refractivity contribution is -0.113. The van der Waals surface area contributed by atoms with Gasteiger partial charge in [-0.1, -0.05) is 53.7 Å². The number of anilines is 1. The molecular formula is C24H23N5O3S. The van der Waals surface area contributed by atoms with Gasteiger partial charge in [-0.3, -0.25) is 14.2 Å². The zero-order valence-electron chi connectivity index (χ0n) is 18.3. The molecule has 1 N–H and O–H groups in total. The summed E-state index contributed by atoms with van der Waals surface area (Å²) in [5.41, 5.74) is 2.84. The van der Waals surface area contributed by atoms with E-state index in [1.807, 2.05) is 50.2 Å². The first kappa shape index (κ1) is 22.5. The van der Waals surface area contributed by atoms with Gasteiger partial charge in [0.15, 0.2) is 16.3 Å². The van der Waals surface area contributed by atoms with Crippen molar-refractivity contribution in [1.82, 2.24) is 19.5 Å².